The van der Waals surface area contributed by atoms with Crippen LogP contribution in [0.4, 0.5) is 15.4 Å². The second kappa shape index (κ2) is 7.92. The van der Waals surface area contributed by atoms with Crippen molar-refractivity contribution in [3.8, 4) is 0 Å². The SMILES string of the molecule is CCOC(=O)n1nc2c(c1NC(=O)C1CCCC1)CN(C(=O)OC(C)(C)C)C2(C)C. The van der Waals surface area contributed by atoms with Gasteiger partial charge in [-0.05, 0) is 54.4 Å². The Labute approximate surface area is 177 Å². The first kappa shape index (κ1) is 22.1. The van der Waals surface area contributed by atoms with Gasteiger partial charge < -0.3 is 14.8 Å². The van der Waals surface area contributed by atoms with Crippen LogP contribution in [0.5, 0.6) is 0 Å². The highest BCUT2D eigenvalue weighted by atomic mass is 16.6. The maximum atomic E-state index is 12.8. The average molecular weight is 421 g/mol. The zero-order valence-electron chi connectivity index (χ0n) is 18.7. The van der Waals surface area contributed by atoms with Gasteiger partial charge >= 0.3 is 12.2 Å². The van der Waals surface area contributed by atoms with E-state index in [1.165, 1.54) is 0 Å². The van der Waals surface area contributed by atoms with Crippen LogP contribution >= 0.6 is 0 Å². The third-order valence-electron chi connectivity index (χ3n) is 5.58. The third kappa shape index (κ3) is 4.15. The highest BCUT2D eigenvalue weighted by Crippen LogP contribution is 2.42. The lowest BCUT2D eigenvalue weighted by Crippen LogP contribution is -2.44. The van der Waals surface area contributed by atoms with Crippen molar-refractivity contribution in [2.45, 2.75) is 84.9 Å². The summed E-state index contributed by atoms with van der Waals surface area (Å²) in [5.74, 6) is 0.0660. The molecule has 1 fully saturated rings. The number of carbonyl (C=O) groups excluding carboxylic acids is 3. The number of nitrogens with zero attached hydrogens (tertiary/aromatic N) is 3. The molecule has 30 heavy (non-hydrogen) atoms. The number of hydrogen-bond acceptors (Lipinski definition) is 6. The minimum atomic E-state index is -0.817. The van der Waals surface area contributed by atoms with Crippen molar-refractivity contribution in [3.05, 3.63) is 11.3 Å². The standard InChI is InChI=1S/C21H32N4O5/c1-7-29-19(28)25-16(22-17(26)13-10-8-9-11-13)14-12-24(18(27)30-20(2,3)4)21(5,6)15(14)23-25/h13H,7-12H2,1-6H3,(H,22,26). The number of nitrogens with one attached hydrogen (secondary N) is 1. The Morgan fingerprint density at radius 1 is 1.17 bits per heavy atom. The van der Waals surface area contributed by atoms with Crippen LogP contribution < -0.4 is 5.32 Å². The summed E-state index contributed by atoms with van der Waals surface area (Å²) in [5, 5.41) is 7.35. The van der Waals surface area contributed by atoms with Gasteiger partial charge in [0.15, 0.2) is 0 Å². The van der Waals surface area contributed by atoms with Gasteiger partial charge in [0.25, 0.3) is 0 Å². The Bertz CT molecular complexity index is 846. The molecule has 1 aromatic rings. The Balaban J connectivity index is 1.96. The minimum Gasteiger partial charge on any atom is -0.448 e. The maximum absolute atomic E-state index is 12.8. The number of aromatic nitrogens is 2. The zero-order valence-corrected chi connectivity index (χ0v) is 18.7. The van der Waals surface area contributed by atoms with Crippen molar-refractivity contribution in [1.29, 1.82) is 0 Å². The number of amides is 2. The first-order valence-electron chi connectivity index (χ1n) is 10.6. The van der Waals surface area contributed by atoms with E-state index in [0.29, 0.717) is 11.3 Å². The monoisotopic (exact) mass is 420 g/mol. The Morgan fingerprint density at radius 3 is 2.37 bits per heavy atom. The second-order valence-electron chi connectivity index (χ2n) is 9.38. The molecule has 0 aromatic carbocycles. The lowest BCUT2D eigenvalue weighted by atomic mass is 10.0. The molecule has 0 radical (unpaired) electrons. The quantitative estimate of drug-likeness (QED) is 0.793. The lowest BCUT2D eigenvalue weighted by molar-refractivity contribution is -0.119. The third-order valence-corrected chi connectivity index (χ3v) is 5.58. The summed E-state index contributed by atoms with van der Waals surface area (Å²) in [6.45, 7) is 11.2. The molecule has 3 rings (SSSR count). The largest absolute Gasteiger partial charge is 0.448 e. The second-order valence-corrected chi connectivity index (χ2v) is 9.38. The topological polar surface area (TPSA) is 103 Å². The number of carbonyl (C=O) groups is 3. The first-order chi connectivity index (χ1) is 14.0. The molecule has 0 atom stereocenters. The van der Waals surface area contributed by atoms with Gasteiger partial charge in [-0.1, -0.05) is 12.8 Å². The van der Waals surface area contributed by atoms with Gasteiger partial charge in [0, 0.05) is 11.5 Å². The van der Waals surface area contributed by atoms with E-state index >= 15 is 0 Å². The van der Waals surface area contributed by atoms with Gasteiger partial charge in [0.2, 0.25) is 5.91 Å². The van der Waals surface area contributed by atoms with Crippen molar-refractivity contribution >= 4 is 23.9 Å². The Hall–Kier alpha value is -2.58. The summed E-state index contributed by atoms with van der Waals surface area (Å²) in [4.78, 5) is 39.7. The zero-order chi connectivity index (χ0) is 22.3. The normalized spacial score (nSPS) is 18.3. The highest BCUT2D eigenvalue weighted by molar-refractivity contribution is 5.95. The fraction of sp³-hybridized carbons (Fsp3) is 0.714. The number of hydrogen-bond donors (Lipinski definition) is 1. The van der Waals surface area contributed by atoms with E-state index in [1.54, 1.807) is 32.6 Å². The summed E-state index contributed by atoms with van der Waals surface area (Å²) in [7, 11) is 0. The fourth-order valence-corrected chi connectivity index (χ4v) is 4.04. The molecular weight excluding hydrogens is 388 g/mol. The maximum Gasteiger partial charge on any atom is 0.436 e. The van der Waals surface area contributed by atoms with Crippen molar-refractivity contribution in [1.82, 2.24) is 14.7 Å². The van der Waals surface area contributed by atoms with Gasteiger partial charge in [0.1, 0.15) is 11.4 Å². The van der Waals surface area contributed by atoms with Gasteiger partial charge in [-0.3, -0.25) is 9.69 Å². The van der Waals surface area contributed by atoms with E-state index in [1.807, 2.05) is 13.8 Å². The first-order valence-corrected chi connectivity index (χ1v) is 10.6. The lowest BCUT2D eigenvalue weighted by Gasteiger charge is -2.33. The molecule has 0 saturated heterocycles. The Morgan fingerprint density at radius 2 is 1.80 bits per heavy atom. The molecule has 2 aliphatic rings. The number of rotatable bonds is 3. The smallest absolute Gasteiger partial charge is 0.436 e. The number of anilines is 1. The van der Waals surface area contributed by atoms with Gasteiger partial charge in [-0.15, -0.1) is 4.68 Å². The molecular formula is C21H32N4O5. The average Bonchev–Trinajstić information content (AvgIpc) is 3.31. The molecule has 1 aromatic heterocycles. The number of fused-ring (bicyclic) bond motifs is 1. The van der Waals surface area contributed by atoms with Gasteiger partial charge in [0.05, 0.1) is 24.4 Å². The van der Waals surface area contributed by atoms with Crippen LogP contribution in [-0.4, -0.2) is 45.0 Å². The van der Waals surface area contributed by atoms with E-state index in [9.17, 15) is 14.4 Å². The summed E-state index contributed by atoms with van der Waals surface area (Å²) >= 11 is 0. The molecule has 1 N–H and O–H groups in total. The molecule has 9 nitrogen and oxygen atoms in total. The molecule has 1 aliphatic carbocycles. The van der Waals surface area contributed by atoms with E-state index < -0.39 is 23.3 Å². The van der Waals surface area contributed by atoms with E-state index in [0.717, 1.165) is 30.4 Å². The summed E-state index contributed by atoms with van der Waals surface area (Å²) in [5.41, 5.74) is -0.284. The molecule has 0 bridgehead atoms. The Kier molecular flexibility index (Phi) is 5.84. The minimum absolute atomic E-state index is 0.0810. The molecule has 2 amide bonds. The predicted octanol–water partition coefficient (Wildman–Crippen LogP) is 4.00. The van der Waals surface area contributed by atoms with Crippen LogP contribution in [0.25, 0.3) is 0 Å². The van der Waals surface area contributed by atoms with Crippen molar-refractivity contribution in [2.75, 3.05) is 11.9 Å². The fourth-order valence-electron chi connectivity index (χ4n) is 4.04. The molecule has 0 spiro atoms. The van der Waals surface area contributed by atoms with Crippen LogP contribution in [0.2, 0.25) is 0 Å². The van der Waals surface area contributed by atoms with Crippen LogP contribution in [0, 0.1) is 5.92 Å². The molecule has 1 saturated carbocycles. The van der Waals surface area contributed by atoms with E-state index in [4.69, 9.17) is 9.47 Å². The van der Waals surface area contributed by atoms with Crippen molar-refractivity contribution in [2.24, 2.45) is 5.92 Å². The van der Waals surface area contributed by atoms with E-state index in [2.05, 4.69) is 10.4 Å². The van der Waals surface area contributed by atoms with Crippen LogP contribution in [0.1, 0.15) is 78.5 Å². The summed E-state index contributed by atoms with van der Waals surface area (Å²) in [6.07, 6.45) is 2.57. The molecule has 1 aliphatic heterocycles. The van der Waals surface area contributed by atoms with E-state index in [-0.39, 0.29) is 30.8 Å². The van der Waals surface area contributed by atoms with Crippen molar-refractivity contribution < 1.29 is 23.9 Å². The van der Waals surface area contributed by atoms with Crippen LogP contribution in [-0.2, 0) is 26.4 Å². The summed E-state index contributed by atoms with van der Waals surface area (Å²) in [6, 6.07) is 0. The van der Waals surface area contributed by atoms with Crippen LogP contribution in [0.3, 0.4) is 0 Å². The summed E-state index contributed by atoms with van der Waals surface area (Å²) < 4.78 is 11.8. The van der Waals surface area contributed by atoms with Crippen molar-refractivity contribution in [3.63, 3.8) is 0 Å². The van der Waals surface area contributed by atoms with Gasteiger partial charge in [-0.25, -0.2) is 9.59 Å². The van der Waals surface area contributed by atoms with Crippen LogP contribution in [0.15, 0.2) is 0 Å². The molecule has 2 heterocycles. The molecule has 166 valence electrons. The highest BCUT2D eigenvalue weighted by Gasteiger charge is 2.47. The number of ether oxygens (including phenoxy) is 2. The molecule has 9 heteroatoms. The van der Waals surface area contributed by atoms with Gasteiger partial charge in [-0.2, -0.15) is 5.10 Å². The predicted molar refractivity (Wildman–Crippen MR) is 110 cm³/mol. The molecule has 0 unspecified atom stereocenters.